The predicted octanol–water partition coefficient (Wildman–Crippen LogP) is 3.20. The number of rotatable bonds is 5. The Morgan fingerprint density at radius 2 is 2.35 bits per heavy atom. The van der Waals surface area contributed by atoms with Gasteiger partial charge in [0.2, 0.25) is 0 Å². The van der Waals surface area contributed by atoms with Crippen molar-refractivity contribution in [3.63, 3.8) is 0 Å². The number of carbonyl (C=O) groups excluding carboxylic acids is 1. The van der Waals surface area contributed by atoms with Gasteiger partial charge in [-0.2, -0.15) is 5.10 Å². The third-order valence-corrected chi connectivity index (χ3v) is 2.88. The Labute approximate surface area is 124 Å². The van der Waals surface area contributed by atoms with Gasteiger partial charge < -0.3 is 9.15 Å². The zero-order valence-electron chi connectivity index (χ0n) is 10.8. The Morgan fingerprint density at radius 1 is 1.50 bits per heavy atom. The van der Waals surface area contributed by atoms with Crippen LogP contribution in [0.1, 0.15) is 23.0 Å². The third kappa shape index (κ3) is 3.71. The van der Waals surface area contributed by atoms with Crippen molar-refractivity contribution in [1.82, 2.24) is 5.43 Å². The Kier molecular flexibility index (Phi) is 4.95. The van der Waals surface area contributed by atoms with Gasteiger partial charge in [0.15, 0.2) is 5.76 Å². The van der Waals surface area contributed by atoms with Crippen molar-refractivity contribution in [2.45, 2.75) is 6.92 Å². The van der Waals surface area contributed by atoms with Crippen molar-refractivity contribution in [3.8, 4) is 5.75 Å². The number of hydrogen-bond acceptors (Lipinski definition) is 4. The van der Waals surface area contributed by atoms with Crippen LogP contribution in [-0.4, -0.2) is 18.7 Å². The van der Waals surface area contributed by atoms with E-state index in [0.717, 1.165) is 10.0 Å². The fraction of sp³-hybridized carbons (Fsp3) is 0.143. The highest BCUT2D eigenvalue weighted by Crippen LogP contribution is 2.21. The molecule has 1 heterocycles. The molecule has 1 N–H and O–H groups in total. The van der Waals surface area contributed by atoms with Crippen molar-refractivity contribution in [2.75, 3.05) is 6.61 Å². The summed E-state index contributed by atoms with van der Waals surface area (Å²) in [4.78, 5) is 11.6. The first-order valence-electron chi connectivity index (χ1n) is 6.00. The fourth-order valence-corrected chi connectivity index (χ4v) is 1.91. The second-order valence-corrected chi connectivity index (χ2v) is 4.71. The van der Waals surface area contributed by atoms with Crippen molar-refractivity contribution in [3.05, 3.63) is 52.4 Å². The molecule has 1 amide bonds. The lowest BCUT2D eigenvalue weighted by atomic mass is 10.2. The smallest absolute Gasteiger partial charge is 0.307 e. The van der Waals surface area contributed by atoms with Crippen LogP contribution < -0.4 is 10.2 Å². The van der Waals surface area contributed by atoms with Gasteiger partial charge in [0.25, 0.3) is 0 Å². The molecule has 104 valence electrons. The molecule has 0 unspecified atom stereocenters. The lowest BCUT2D eigenvalue weighted by molar-refractivity contribution is 0.0927. The monoisotopic (exact) mass is 336 g/mol. The minimum absolute atomic E-state index is 0.210. The van der Waals surface area contributed by atoms with Gasteiger partial charge in [0, 0.05) is 10.0 Å². The van der Waals surface area contributed by atoms with E-state index >= 15 is 0 Å². The molecule has 6 heteroatoms. The molecule has 0 saturated heterocycles. The number of furan rings is 1. The summed E-state index contributed by atoms with van der Waals surface area (Å²) < 4.78 is 11.3. The van der Waals surface area contributed by atoms with Gasteiger partial charge in [0.1, 0.15) is 5.75 Å². The summed E-state index contributed by atoms with van der Waals surface area (Å²) in [6.07, 6.45) is 2.96. The molecule has 0 atom stereocenters. The minimum atomic E-state index is -0.404. The van der Waals surface area contributed by atoms with Gasteiger partial charge >= 0.3 is 5.91 Å². The molecule has 0 radical (unpaired) electrons. The fourth-order valence-electron chi connectivity index (χ4n) is 1.53. The topological polar surface area (TPSA) is 63.8 Å². The molecule has 0 aliphatic heterocycles. The van der Waals surface area contributed by atoms with Crippen molar-refractivity contribution in [2.24, 2.45) is 5.10 Å². The molecule has 0 aliphatic carbocycles. The van der Waals surface area contributed by atoms with Crippen LogP contribution >= 0.6 is 15.9 Å². The molecule has 0 fully saturated rings. The largest absolute Gasteiger partial charge is 0.493 e. The molecule has 0 aliphatic rings. The van der Waals surface area contributed by atoms with Gasteiger partial charge in [-0.15, -0.1) is 0 Å². The van der Waals surface area contributed by atoms with Crippen LogP contribution in [0.5, 0.6) is 5.75 Å². The number of halogens is 1. The van der Waals surface area contributed by atoms with E-state index in [-0.39, 0.29) is 5.76 Å². The van der Waals surface area contributed by atoms with E-state index in [1.807, 2.05) is 25.1 Å². The maximum atomic E-state index is 11.6. The third-order valence-electron chi connectivity index (χ3n) is 2.39. The minimum Gasteiger partial charge on any atom is -0.493 e. The quantitative estimate of drug-likeness (QED) is 0.673. The summed E-state index contributed by atoms with van der Waals surface area (Å²) >= 11 is 3.38. The Morgan fingerprint density at radius 3 is 3.05 bits per heavy atom. The first-order valence-corrected chi connectivity index (χ1v) is 6.79. The lowest BCUT2D eigenvalue weighted by Crippen LogP contribution is -2.16. The van der Waals surface area contributed by atoms with E-state index < -0.39 is 5.91 Å². The average Bonchev–Trinajstić information content (AvgIpc) is 2.96. The van der Waals surface area contributed by atoms with Crippen LogP contribution in [0.2, 0.25) is 0 Å². The molecule has 1 aromatic heterocycles. The number of hydrazone groups is 1. The lowest BCUT2D eigenvalue weighted by Gasteiger charge is -2.06. The van der Waals surface area contributed by atoms with Crippen LogP contribution in [0.3, 0.4) is 0 Å². The first-order chi connectivity index (χ1) is 9.70. The highest BCUT2D eigenvalue weighted by atomic mass is 79.9. The molecule has 20 heavy (non-hydrogen) atoms. The molecule has 0 saturated carbocycles. The van der Waals surface area contributed by atoms with Crippen LogP contribution in [0.25, 0.3) is 0 Å². The van der Waals surface area contributed by atoms with Crippen LogP contribution in [0.15, 0.2) is 50.6 Å². The number of ether oxygens (including phenoxy) is 1. The first kappa shape index (κ1) is 14.3. The van der Waals surface area contributed by atoms with Crippen LogP contribution in [0, 0.1) is 0 Å². The zero-order chi connectivity index (χ0) is 14.4. The molecule has 2 aromatic rings. The van der Waals surface area contributed by atoms with Gasteiger partial charge in [-0.25, -0.2) is 5.43 Å². The van der Waals surface area contributed by atoms with E-state index in [2.05, 4.69) is 26.5 Å². The molecule has 2 rings (SSSR count). The molecule has 0 spiro atoms. The predicted molar refractivity (Wildman–Crippen MR) is 79.1 cm³/mol. The Bertz CT molecular complexity index is 609. The van der Waals surface area contributed by atoms with Gasteiger partial charge in [-0.1, -0.05) is 15.9 Å². The highest BCUT2D eigenvalue weighted by Gasteiger charge is 2.06. The summed E-state index contributed by atoms with van der Waals surface area (Å²) in [7, 11) is 0. The second-order valence-electron chi connectivity index (χ2n) is 3.79. The Hall–Kier alpha value is -2.08. The number of carbonyl (C=O) groups is 1. The summed E-state index contributed by atoms with van der Waals surface area (Å²) in [6.45, 7) is 2.46. The number of nitrogens with zero attached hydrogens (tertiary/aromatic N) is 1. The van der Waals surface area contributed by atoms with Crippen LogP contribution in [0.4, 0.5) is 0 Å². The SMILES string of the molecule is CCOc1ccc(Br)cc1/C=N\NC(=O)c1ccco1. The van der Waals surface area contributed by atoms with Gasteiger partial charge in [0.05, 0.1) is 19.1 Å². The van der Waals surface area contributed by atoms with E-state index in [4.69, 9.17) is 9.15 Å². The van der Waals surface area contributed by atoms with Crippen molar-refractivity contribution >= 4 is 28.1 Å². The van der Waals surface area contributed by atoms with Gasteiger partial charge in [-0.05, 0) is 37.3 Å². The number of benzene rings is 1. The van der Waals surface area contributed by atoms with E-state index in [1.54, 1.807) is 12.1 Å². The molecular formula is C14H13BrN2O3. The van der Waals surface area contributed by atoms with E-state index in [1.165, 1.54) is 12.5 Å². The zero-order valence-corrected chi connectivity index (χ0v) is 12.4. The maximum Gasteiger partial charge on any atom is 0.307 e. The van der Waals surface area contributed by atoms with E-state index in [9.17, 15) is 4.79 Å². The maximum absolute atomic E-state index is 11.6. The molecule has 0 bridgehead atoms. The molecular weight excluding hydrogens is 324 g/mol. The summed E-state index contributed by atoms with van der Waals surface area (Å²) in [6, 6.07) is 8.77. The summed E-state index contributed by atoms with van der Waals surface area (Å²) in [5, 5.41) is 3.90. The highest BCUT2D eigenvalue weighted by molar-refractivity contribution is 9.10. The summed E-state index contributed by atoms with van der Waals surface area (Å²) in [5.41, 5.74) is 3.15. The number of nitrogens with one attached hydrogen (secondary N) is 1. The average molecular weight is 337 g/mol. The van der Waals surface area contributed by atoms with Gasteiger partial charge in [-0.3, -0.25) is 4.79 Å². The van der Waals surface area contributed by atoms with Crippen molar-refractivity contribution in [1.29, 1.82) is 0 Å². The molecule has 1 aromatic carbocycles. The molecule has 5 nitrogen and oxygen atoms in total. The normalized spacial score (nSPS) is 10.7. The standard InChI is InChI=1S/C14H13BrN2O3/c1-2-19-12-6-5-11(15)8-10(12)9-16-17-14(18)13-4-3-7-20-13/h3-9H,2H2,1H3,(H,17,18)/b16-9-. The van der Waals surface area contributed by atoms with E-state index in [0.29, 0.717) is 12.4 Å². The second kappa shape index (κ2) is 6.91. The van der Waals surface area contributed by atoms with Crippen molar-refractivity contribution < 1.29 is 13.9 Å². The van der Waals surface area contributed by atoms with Crippen LogP contribution in [-0.2, 0) is 0 Å². The Balaban J connectivity index is 2.07. The summed E-state index contributed by atoms with van der Waals surface area (Å²) in [5.74, 6) is 0.507. The number of amides is 1. The number of hydrogen-bond donors (Lipinski definition) is 1.